The van der Waals surface area contributed by atoms with Gasteiger partial charge in [-0.05, 0) is 13.3 Å². The predicted octanol–water partition coefficient (Wildman–Crippen LogP) is -1.16. The Hall–Kier alpha value is -1.61. The smallest absolute Gasteiger partial charge is 0.277 e. The number of nitrogens with one attached hydrogen (secondary N) is 3. The van der Waals surface area contributed by atoms with E-state index >= 15 is 0 Å². The normalized spacial score (nSPS) is 12.2. The number of carbonyl (C=O) groups is 2. The lowest BCUT2D eigenvalue weighted by molar-refractivity contribution is -0.874. The van der Waals surface area contributed by atoms with Crippen molar-refractivity contribution in [3.05, 3.63) is 5.89 Å². The van der Waals surface area contributed by atoms with Crippen molar-refractivity contribution in [2.75, 3.05) is 26.4 Å². The Morgan fingerprint density at radius 3 is 2.73 bits per heavy atom. The zero-order chi connectivity index (χ0) is 16.5. The van der Waals surface area contributed by atoms with Crippen LogP contribution >= 0.6 is 11.8 Å². The van der Waals surface area contributed by atoms with Crippen molar-refractivity contribution in [2.24, 2.45) is 0 Å². The van der Waals surface area contributed by atoms with E-state index in [1.807, 2.05) is 21.0 Å². The maximum Gasteiger partial charge on any atom is 0.277 e. The predicted molar refractivity (Wildman–Crippen MR) is 82.4 cm³/mol. The van der Waals surface area contributed by atoms with Crippen molar-refractivity contribution < 1.29 is 18.9 Å². The van der Waals surface area contributed by atoms with Crippen LogP contribution in [-0.2, 0) is 16.1 Å². The molecule has 22 heavy (non-hydrogen) atoms. The Morgan fingerprint density at radius 1 is 1.36 bits per heavy atom. The van der Waals surface area contributed by atoms with Gasteiger partial charge in [-0.25, -0.2) is 0 Å². The molecule has 0 bridgehead atoms. The fourth-order valence-electron chi connectivity index (χ4n) is 1.55. The first-order valence-corrected chi connectivity index (χ1v) is 8.22. The number of nitrogens with zero attached hydrogens (tertiary/aromatic N) is 2. The van der Waals surface area contributed by atoms with Crippen LogP contribution in [0.4, 0.5) is 0 Å². The van der Waals surface area contributed by atoms with Gasteiger partial charge in [0.15, 0.2) is 6.54 Å². The van der Waals surface area contributed by atoms with E-state index in [1.54, 1.807) is 6.92 Å². The molecule has 0 aliphatic carbocycles. The first-order chi connectivity index (χ1) is 10.4. The molecule has 0 aromatic carbocycles. The number of aromatic nitrogens is 2. The Kier molecular flexibility index (Phi) is 7.89. The molecule has 2 amide bonds. The monoisotopic (exact) mass is 330 g/mol. The van der Waals surface area contributed by atoms with Gasteiger partial charge in [0.05, 0.1) is 19.8 Å². The summed E-state index contributed by atoms with van der Waals surface area (Å²) in [5, 5.41) is 13.5. The van der Waals surface area contributed by atoms with Gasteiger partial charge >= 0.3 is 0 Å². The second kappa shape index (κ2) is 9.42. The molecule has 0 radical (unpaired) electrons. The quantitative estimate of drug-likeness (QED) is 0.494. The molecule has 0 spiro atoms. The highest BCUT2D eigenvalue weighted by atomic mass is 32.2. The van der Waals surface area contributed by atoms with Crippen LogP contribution in [0.25, 0.3) is 0 Å². The van der Waals surface area contributed by atoms with E-state index in [-0.39, 0.29) is 17.6 Å². The molecule has 8 nitrogen and oxygen atoms in total. The van der Waals surface area contributed by atoms with E-state index in [9.17, 15) is 9.59 Å². The van der Waals surface area contributed by atoms with Crippen LogP contribution in [-0.4, -0.2) is 54.4 Å². The number of carbonyl (C=O) groups excluding carboxylic acids is 2. The molecular weight excluding hydrogens is 306 g/mol. The minimum Gasteiger partial charge on any atom is -0.410 e. The summed E-state index contributed by atoms with van der Waals surface area (Å²) in [5.41, 5.74) is 0. The van der Waals surface area contributed by atoms with Gasteiger partial charge in [-0.3, -0.25) is 9.59 Å². The first kappa shape index (κ1) is 18.4. The van der Waals surface area contributed by atoms with E-state index in [4.69, 9.17) is 4.42 Å². The van der Waals surface area contributed by atoms with Crippen LogP contribution < -0.4 is 15.5 Å². The number of quaternary nitrogens is 1. The molecule has 3 N–H and O–H groups in total. The van der Waals surface area contributed by atoms with Crippen LogP contribution in [0.3, 0.4) is 0 Å². The van der Waals surface area contributed by atoms with Gasteiger partial charge < -0.3 is 20.0 Å². The van der Waals surface area contributed by atoms with Gasteiger partial charge in [-0.15, -0.1) is 10.2 Å². The summed E-state index contributed by atoms with van der Waals surface area (Å²) in [7, 11) is 3.96. The highest BCUT2D eigenvalue weighted by molar-refractivity contribution is 7.99. The average Bonchev–Trinajstić information content (AvgIpc) is 2.89. The van der Waals surface area contributed by atoms with Gasteiger partial charge in [0, 0.05) is 6.54 Å². The van der Waals surface area contributed by atoms with Crippen LogP contribution in [0, 0.1) is 0 Å². The second-order valence-corrected chi connectivity index (χ2v) is 6.14. The van der Waals surface area contributed by atoms with Gasteiger partial charge in [0.2, 0.25) is 11.8 Å². The van der Waals surface area contributed by atoms with Crippen LogP contribution in [0.2, 0.25) is 0 Å². The van der Waals surface area contributed by atoms with Gasteiger partial charge in [-0.2, -0.15) is 0 Å². The minimum atomic E-state index is -0.560. The largest absolute Gasteiger partial charge is 0.410 e. The van der Waals surface area contributed by atoms with Crippen molar-refractivity contribution in [2.45, 2.75) is 38.1 Å². The number of amides is 2. The maximum absolute atomic E-state index is 11.8. The lowest BCUT2D eigenvalue weighted by Gasteiger charge is -2.13. The van der Waals surface area contributed by atoms with Crippen LogP contribution in [0.5, 0.6) is 0 Å². The fourth-order valence-corrected chi connectivity index (χ4v) is 2.14. The molecule has 1 heterocycles. The molecule has 1 rings (SSSR count). The summed E-state index contributed by atoms with van der Waals surface area (Å²) in [6.45, 7) is 4.86. The van der Waals surface area contributed by atoms with E-state index in [2.05, 4.69) is 20.8 Å². The molecule has 0 saturated carbocycles. The molecule has 0 saturated heterocycles. The highest BCUT2D eigenvalue weighted by Crippen LogP contribution is 2.15. The molecule has 1 atom stereocenters. The summed E-state index contributed by atoms with van der Waals surface area (Å²) in [6.07, 6.45) is 0.858. The zero-order valence-electron chi connectivity index (χ0n) is 13.4. The summed E-state index contributed by atoms with van der Waals surface area (Å²) >= 11 is 1.15. The SMILES string of the molecule is CCCNC(=O)[C@H](C)NC(=O)CSc1nnc(C[NH+](C)C)o1. The standard InChI is InChI=1S/C13H23N5O3S/c1-5-6-14-12(20)9(2)15-10(19)8-22-13-17-16-11(21-13)7-18(3)4/h9H,5-8H2,1-4H3,(H,14,20)(H,15,19)/p+1/t9-/m0/s1. The Labute approximate surface area is 134 Å². The van der Waals surface area contributed by atoms with Crippen molar-refractivity contribution >= 4 is 23.6 Å². The van der Waals surface area contributed by atoms with Crippen molar-refractivity contribution in [1.29, 1.82) is 0 Å². The van der Waals surface area contributed by atoms with Crippen molar-refractivity contribution in [1.82, 2.24) is 20.8 Å². The molecule has 0 aliphatic heterocycles. The number of hydrogen-bond acceptors (Lipinski definition) is 6. The van der Waals surface area contributed by atoms with Gasteiger partial charge in [-0.1, -0.05) is 18.7 Å². The van der Waals surface area contributed by atoms with Crippen molar-refractivity contribution in [3.8, 4) is 0 Å². The molecule has 0 fully saturated rings. The Morgan fingerprint density at radius 2 is 2.09 bits per heavy atom. The number of hydrogen-bond donors (Lipinski definition) is 3. The summed E-state index contributed by atoms with van der Waals surface area (Å²) < 4.78 is 5.41. The lowest BCUT2D eigenvalue weighted by Crippen LogP contribution is -3.04. The molecule has 1 aromatic rings. The third-order valence-electron chi connectivity index (χ3n) is 2.60. The third kappa shape index (κ3) is 6.90. The molecule has 124 valence electrons. The van der Waals surface area contributed by atoms with E-state index in [1.165, 1.54) is 4.90 Å². The number of rotatable bonds is 9. The molecule has 9 heteroatoms. The summed E-state index contributed by atoms with van der Waals surface area (Å²) in [4.78, 5) is 24.6. The summed E-state index contributed by atoms with van der Waals surface area (Å²) in [6, 6.07) is -0.560. The summed E-state index contributed by atoms with van der Waals surface area (Å²) in [5.74, 6) is 0.230. The molecule has 1 aromatic heterocycles. The van der Waals surface area contributed by atoms with Crippen molar-refractivity contribution in [3.63, 3.8) is 0 Å². The number of thioether (sulfide) groups is 1. The van der Waals surface area contributed by atoms with E-state index in [0.29, 0.717) is 24.2 Å². The maximum atomic E-state index is 11.8. The van der Waals surface area contributed by atoms with E-state index in [0.717, 1.165) is 18.2 Å². The van der Waals surface area contributed by atoms with Crippen LogP contribution in [0.15, 0.2) is 9.64 Å². The Bertz CT molecular complexity index is 492. The highest BCUT2D eigenvalue weighted by Gasteiger charge is 2.16. The average molecular weight is 330 g/mol. The van der Waals surface area contributed by atoms with Gasteiger partial charge in [0.1, 0.15) is 6.04 Å². The molecule has 0 aliphatic rings. The third-order valence-corrected chi connectivity index (χ3v) is 3.42. The molecular formula is C13H24N5O3S+. The lowest BCUT2D eigenvalue weighted by atomic mass is 10.3. The second-order valence-electron chi connectivity index (χ2n) is 5.21. The molecule has 0 unspecified atom stereocenters. The topological polar surface area (TPSA) is 102 Å². The fraction of sp³-hybridized carbons (Fsp3) is 0.692. The Balaban J connectivity index is 2.33. The minimum absolute atomic E-state index is 0.127. The zero-order valence-corrected chi connectivity index (χ0v) is 14.2. The van der Waals surface area contributed by atoms with Gasteiger partial charge in [0.25, 0.3) is 11.1 Å². The van der Waals surface area contributed by atoms with E-state index < -0.39 is 6.04 Å². The first-order valence-electron chi connectivity index (χ1n) is 7.23. The van der Waals surface area contributed by atoms with Crippen LogP contribution in [0.1, 0.15) is 26.2 Å².